The lowest BCUT2D eigenvalue weighted by atomic mass is 9.85. The van der Waals surface area contributed by atoms with Gasteiger partial charge in [0.2, 0.25) is 5.91 Å². The maximum absolute atomic E-state index is 13.4. The molecule has 380 valence electrons. The summed E-state index contributed by atoms with van der Waals surface area (Å²) in [5, 5.41) is 83.7. The fourth-order valence-electron chi connectivity index (χ4n) is 9.83. The molecule has 0 saturated carbocycles. The number of ether oxygens (including phenoxy) is 3. The van der Waals surface area contributed by atoms with Gasteiger partial charge in [0, 0.05) is 70.4 Å². The van der Waals surface area contributed by atoms with Gasteiger partial charge in [0.05, 0.1) is 30.7 Å². The highest BCUT2D eigenvalue weighted by molar-refractivity contribution is 8.00. The van der Waals surface area contributed by atoms with Gasteiger partial charge in [-0.3, -0.25) is 9.78 Å². The van der Waals surface area contributed by atoms with E-state index in [0.717, 1.165) is 79.1 Å². The van der Waals surface area contributed by atoms with Crippen LogP contribution in [0.15, 0.2) is 18.2 Å². The summed E-state index contributed by atoms with van der Waals surface area (Å²) in [7, 11) is 0. The third-order valence-corrected chi connectivity index (χ3v) is 16.6. The van der Waals surface area contributed by atoms with E-state index >= 15 is 0 Å². The maximum atomic E-state index is 13.4. The van der Waals surface area contributed by atoms with Gasteiger partial charge in [-0.25, -0.2) is 4.98 Å². The first-order valence-corrected chi connectivity index (χ1v) is 26.2. The molecule has 11 N–H and O–H groups in total. The second-order valence-corrected chi connectivity index (χ2v) is 21.1. The number of amides is 1. The number of carbonyl (C=O) groups is 1. The number of allylic oxidation sites excluding steroid dienone is 1. The molecule has 19 heteroatoms. The van der Waals surface area contributed by atoms with Crippen LogP contribution in [0.3, 0.4) is 0 Å². The number of carbonyl (C=O) groups excluding carboxylic acids is 1. The largest absolute Gasteiger partial charge is 0.394 e. The van der Waals surface area contributed by atoms with Gasteiger partial charge >= 0.3 is 0 Å². The Morgan fingerprint density at radius 1 is 0.783 bits per heavy atom. The molecule has 4 aliphatic rings. The number of nitrogens with one attached hydrogen (secondary N) is 3. The Hall–Kier alpha value is -3.41. The van der Waals surface area contributed by atoms with Crippen molar-refractivity contribution in [2.75, 3.05) is 37.9 Å². The average molecular weight is 998 g/mol. The van der Waals surface area contributed by atoms with E-state index in [4.69, 9.17) is 24.2 Å². The van der Waals surface area contributed by atoms with E-state index in [9.17, 15) is 45.6 Å². The van der Waals surface area contributed by atoms with Crippen LogP contribution >= 0.6 is 23.5 Å². The Balaban J connectivity index is 1.12. The number of aromatic amines is 2. The zero-order chi connectivity index (χ0) is 49.8. The fraction of sp³-hybridized carbons (Fsp3) is 0.620. The normalized spacial score (nSPS) is 28.7. The van der Waals surface area contributed by atoms with Crippen LogP contribution < -0.4 is 5.32 Å². The van der Waals surface area contributed by atoms with Crippen molar-refractivity contribution in [1.82, 2.24) is 25.3 Å². The van der Waals surface area contributed by atoms with Gasteiger partial charge in [0.1, 0.15) is 59.7 Å². The van der Waals surface area contributed by atoms with Crippen LogP contribution in [-0.2, 0) is 25.4 Å². The monoisotopic (exact) mass is 997 g/mol. The second kappa shape index (κ2) is 23.4. The van der Waals surface area contributed by atoms with Crippen LogP contribution in [0.1, 0.15) is 122 Å². The first-order valence-electron chi connectivity index (χ1n) is 24.1. The summed E-state index contributed by atoms with van der Waals surface area (Å²) in [6, 6.07) is 6.38. The number of thioether (sulfide) groups is 2. The first-order chi connectivity index (χ1) is 33.0. The molecular weight excluding hydrogens is 927 g/mol. The number of fused-ring (bicyclic) bond motifs is 8. The van der Waals surface area contributed by atoms with Crippen LogP contribution in [-0.4, -0.2) is 164 Å². The summed E-state index contributed by atoms with van der Waals surface area (Å²) < 4.78 is 17.8. The molecule has 4 aliphatic heterocycles. The number of H-pyrrole nitrogens is 2. The SMILES string of the molecule is CCc1c(C)c2cc3[nH]c(cc4nc(c(C)c5nc(cc1[nH]2)C(C)=C5)[C@@H](CCC(=O)NCCCS[C@@H]1O[C@H](CO)[C@@H](O)[C@H](O)[C@H]1O)[C@@H]4C)c(C)c3C(C)OCCCSC1O[C@H](CO)[C@@H](O)[C@H](O)[C@H]1O. The van der Waals surface area contributed by atoms with Crippen LogP contribution in [0, 0.1) is 20.8 Å². The van der Waals surface area contributed by atoms with Crippen molar-refractivity contribution >= 4 is 63.1 Å². The lowest BCUT2D eigenvalue weighted by Gasteiger charge is -2.39. The van der Waals surface area contributed by atoms with Crippen LogP contribution in [0.2, 0.25) is 0 Å². The Bertz CT molecular complexity index is 2480. The molecule has 7 heterocycles. The molecule has 0 radical (unpaired) electrons. The Morgan fingerprint density at radius 2 is 1.39 bits per heavy atom. The van der Waals surface area contributed by atoms with E-state index in [2.05, 4.69) is 81.1 Å². The van der Waals surface area contributed by atoms with Crippen molar-refractivity contribution in [1.29, 1.82) is 0 Å². The summed E-state index contributed by atoms with van der Waals surface area (Å²) in [5.41, 5.74) is 12.0. The van der Waals surface area contributed by atoms with Crippen molar-refractivity contribution in [3.8, 4) is 0 Å². The zero-order valence-electron chi connectivity index (χ0n) is 40.5. The van der Waals surface area contributed by atoms with E-state index < -0.39 is 72.9 Å². The zero-order valence-corrected chi connectivity index (χ0v) is 42.1. The summed E-state index contributed by atoms with van der Waals surface area (Å²) in [4.78, 5) is 31.3. The van der Waals surface area contributed by atoms with E-state index in [1.807, 2.05) is 6.92 Å². The Morgan fingerprint density at radius 3 is 2.01 bits per heavy atom. The standard InChI is InChI=1S/C50H71N5O12S2/c1-8-29-24(3)33-20-37-41(28(7)65-14-10-16-69-50-48(64)46(62)44(60)39(22-57)67-50)26(5)35(54-37)19-34-25(4)30(42(55-34)27(6)32-17-23(2)31(52-32)18-36(29)53-33)11-12-40(58)51-13-9-15-68-49-47(63)45(61)43(59)38(21-56)66-49/h17-20,25,28,30,38-39,43-50,53-54,56-57,59-64H,8-16,21-22H2,1-7H3,(H,51,58)/t25-,28?,30-,38+,39+,43+,44+,45-,46-,47+,48+,49-,50?/m0/s1. The minimum Gasteiger partial charge on any atom is -0.394 e. The number of aryl methyl sites for hydroxylation is 3. The van der Waals surface area contributed by atoms with Crippen LogP contribution in [0.5, 0.6) is 0 Å². The van der Waals surface area contributed by atoms with E-state index in [1.54, 1.807) is 0 Å². The van der Waals surface area contributed by atoms with Gasteiger partial charge in [-0.1, -0.05) is 13.8 Å². The number of rotatable bonds is 18. The lowest BCUT2D eigenvalue weighted by Crippen LogP contribution is -2.57. The molecule has 1 amide bonds. The van der Waals surface area contributed by atoms with E-state index in [1.165, 1.54) is 29.1 Å². The number of aromatic nitrogens is 4. The van der Waals surface area contributed by atoms with Crippen molar-refractivity contribution in [3.05, 3.63) is 68.8 Å². The van der Waals surface area contributed by atoms with Gasteiger partial charge < -0.3 is 70.3 Å². The fourth-order valence-corrected chi connectivity index (χ4v) is 12.0. The number of nitrogens with zero attached hydrogens (tertiary/aromatic N) is 2. The molecule has 3 aromatic rings. The highest BCUT2D eigenvalue weighted by atomic mass is 32.2. The molecule has 0 aliphatic carbocycles. The molecule has 2 fully saturated rings. The van der Waals surface area contributed by atoms with Crippen LogP contribution in [0.25, 0.3) is 33.7 Å². The summed E-state index contributed by atoms with van der Waals surface area (Å²) >= 11 is 2.56. The Labute approximate surface area is 411 Å². The smallest absolute Gasteiger partial charge is 0.220 e. The highest BCUT2D eigenvalue weighted by Crippen LogP contribution is 2.42. The molecular formula is C50H71N5O12S2. The van der Waals surface area contributed by atoms with Crippen molar-refractivity contribution < 1.29 is 59.9 Å². The predicted octanol–water partition coefficient (Wildman–Crippen LogP) is 4.07. The summed E-state index contributed by atoms with van der Waals surface area (Å²) in [6.07, 6.45) is -5.56. The molecule has 69 heavy (non-hydrogen) atoms. The van der Waals surface area contributed by atoms with Gasteiger partial charge in [-0.05, 0) is 124 Å². The first kappa shape index (κ1) is 53.4. The van der Waals surface area contributed by atoms with Crippen molar-refractivity contribution in [2.45, 2.75) is 158 Å². The molecule has 8 bridgehead atoms. The lowest BCUT2D eigenvalue weighted by molar-refractivity contribution is -0.205. The van der Waals surface area contributed by atoms with Gasteiger partial charge in [0.15, 0.2) is 0 Å². The van der Waals surface area contributed by atoms with Gasteiger partial charge in [-0.2, -0.15) is 0 Å². The third-order valence-electron chi connectivity index (χ3n) is 14.1. The molecule has 3 aromatic heterocycles. The van der Waals surface area contributed by atoms with Crippen molar-refractivity contribution in [2.24, 2.45) is 0 Å². The Kier molecular flexibility index (Phi) is 18.1. The van der Waals surface area contributed by atoms with Crippen LogP contribution in [0.4, 0.5) is 0 Å². The topological polar surface area (TPSA) is 276 Å². The summed E-state index contributed by atoms with van der Waals surface area (Å²) in [6.45, 7) is 14.5. The molecule has 17 nitrogen and oxygen atoms in total. The second-order valence-electron chi connectivity index (χ2n) is 18.7. The van der Waals surface area contributed by atoms with Crippen molar-refractivity contribution in [3.63, 3.8) is 0 Å². The minimum atomic E-state index is -1.43. The van der Waals surface area contributed by atoms with Gasteiger partial charge in [-0.15, -0.1) is 23.5 Å². The molecule has 13 atom stereocenters. The average Bonchev–Trinajstić information content (AvgIpc) is 4.04. The van der Waals surface area contributed by atoms with E-state index in [-0.39, 0.29) is 30.3 Å². The summed E-state index contributed by atoms with van der Waals surface area (Å²) in [5.74, 6) is 0.848. The number of aliphatic hydroxyl groups is 8. The molecule has 7 rings (SSSR count). The number of hydrogen-bond acceptors (Lipinski definition) is 16. The van der Waals surface area contributed by atoms with E-state index in [0.29, 0.717) is 43.9 Å². The molecule has 2 unspecified atom stereocenters. The maximum Gasteiger partial charge on any atom is 0.220 e. The predicted molar refractivity (Wildman–Crippen MR) is 268 cm³/mol. The molecule has 2 saturated heterocycles. The number of aliphatic hydroxyl groups excluding tert-OH is 8. The number of hydrogen-bond donors (Lipinski definition) is 11. The highest BCUT2D eigenvalue weighted by Gasteiger charge is 2.44. The molecule has 0 aromatic carbocycles. The third kappa shape index (κ3) is 11.6. The quantitative estimate of drug-likeness (QED) is 0.0802. The minimum absolute atomic E-state index is 0.0381. The molecule has 0 spiro atoms. The van der Waals surface area contributed by atoms with Gasteiger partial charge in [0.25, 0.3) is 0 Å².